The van der Waals surface area contributed by atoms with E-state index in [2.05, 4.69) is 0 Å². The summed E-state index contributed by atoms with van der Waals surface area (Å²) in [5.41, 5.74) is 1.22. The number of Topliss-reactive ketones (excluding diaryl/α,β-unsaturated/α-hetero) is 1. The van der Waals surface area contributed by atoms with E-state index in [-0.39, 0.29) is 11.7 Å². The molecule has 1 aliphatic rings. The van der Waals surface area contributed by atoms with Crippen molar-refractivity contribution >= 4 is 45.5 Å². The Kier molecular flexibility index (Phi) is 5.13. The molecule has 0 spiro atoms. The van der Waals surface area contributed by atoms with Crippen LogP contribution in [0.25, 0.3) is 0 Å². The van der Waals surface area contributed by atoms with Crippen molar-refractivity contribution in [3.63, 3.8) is 0 Å². The summed E-state index contributed by atoms with van der Waals surface area (Å²) in [5, 5.41) is 3.31. The number of amides is 1. The Balaban J connectivity index is 2.04. The van der Waals surface area contributed by atoms with Crippen molar-refractivity contribution in [3.05, 3.63) is 121 Å². The van der Waals surface area contributed by atoms with Gasteiger partial charge in [-0.1, -0.05) is 103 Å². The Morgan fingerprint density at radius 3 is 1.44 bits per heavy atom. The summed E-state index contributed by atoms with van der Waals surface area (Å²) in [4.78, 5) is 29.7. The van der Waals surface area contributed by atoms with Gasteiger partial charge in [-0.05, 0) is 34.9 Å². The van der Waals surface area contributed by atoms with Gasteiger partial charge in [0.1, 0.15) is 0 Å². The molecular weight excluding hydrogens is 413 g/mol. The lowest BCUT2D eigenvalue weighted by molar-refractivity contribution is -0.112. The van der Waals surface area contributed by atoms with Crippen LogP contribution in [0.5, 0.6) is 0 Å². The van der Waals surface area contributed by atoms with Gasteiger partial charge in [-0.25, -0.2) is 0 Å². The van der Waals surface area contributed by atoms with Crippen LogP contribution in [0, 0.1) is 0 Å². The van der Waals surface area contributed by atoms with Crippen LogP contribution in [0.1, 0.15) is 10.4 Å². The highest BCUT2D eigenvalue weighted by Crippen LogP contribution is 2.48. The Bertz CT molecular complexity index is 1260. The van der Waals surface area contributed by atoms with Gasteiger partial charge in [0, 0.05) is 12.6 Å². The molecule has 0 aliphatic carbocycles. The lowest BCUT2D eigenvalue weighted by Gasteiger charge is -2.36. The largest absolute Gasteiger partial charge is 0.311 e. The number of carbonyl (C=O) groups excluding carboxylic acids is 2. The van der Waals surface area contributed by atoms with Gasteiger partial charge < -0.3 is 4.90 Å². The number of rotatable bonds is 3. The van der Waals surface area contributed by atoms with Gasteiger partial charge in [0.2, 0.25) is 5.78 Å². The van der Waals surface area contributed by atoms with Gasteiger partial charge >= 0.3 is 0 Å². The second-order valence-corrected chi connectivity index (χ2v) is 11.1. The average Bonchev–Trinajstić information content (AvgIpc) is 2.87. The lowest BCUT2D eigenvalue weighted by atomic mass is 10.0. The number of carbonyl (C=O) groups is 2. The molecule has 0 bridgehead atoms. The Labute approximate surface area is 187 Å². The summed E-state index contributed by atoms with van der Waals surface area (Å²) in [6.45, 7) is -2.76. The fraction of sp³-hybridized carbons (Fsp3) is 0.0357. The summed E-state index contributed by atoms with van der Waals surface area (Å²) >= 11 is 0. The number of fused-ring (bicyclic) bond motifs is 1. The first-order valence-electron chi connectivity index (χ1n) is 10.5. The molecule has 0 radical (unpaired) electrons. The quantitative estimate of drug-likeness (QED) is 0.456. The van der Waals surface area contributed by atoms with Crippen LogP contribution in [-0.2, 0) is 4.79 Å². The first kappa shape index (κ1) is 20.2. The number of hydrogen-bond donors (Lipinski definition) is 0. The molecule has 1 amide bonds. The summed E-state index contributed by atoms with van der Waals surface area (Å²) in [7, 11) is 1.75. The number of benzene rings is 4. The number of nitrogens with zero attached hydrogens (tertiary/aromatic N) is 1. The van der Waals surface area contributed by atoms with Crippen molar-refractivity contribution in [2.24, 2.45) is 0 Å². The van der Waals surface area contributed by atoms with Crippen molar-refractivity contribution in [3.8, 4) is 0 Å². The van der Waals surface area contributed by atoms with Crippen LogP contribution in [-0.4, -0.2) is 24.0 Å². The topological polar surface area (TPSA) is 37.4 Å². The molecule has 5 rings (SSSR count). The lowest BCUT2D eigenvalue weighted by Crippen LogP contribution is -2.47. The highest BCUT2D eigenvalue weighted by molar-refractivity contribution is 7.97. The number of hydrogen-bond acceptors (Lipinski definition) is 2. The Hall–Kier alpha value is -3.68. The molecule has 156 valence electrons. The zero-order valence-electron chi connectivity index (χ0n) is 17.7. The molecular formula is C28H22NO2P. The van der Waals surface area contributed by atoms with Gasteiger partial charge in [-0.2, -0.15) is 0 Å². The SMILES string of the molecule is CN1C(=O)C(=P(c2ccccc2)(c2ccccc2)c2ccccc2)C(=O)c2ccccc21. The van der Waals surface area contributed by atoms with E-state index in [1.54, 1.807) is 11.9 Å². The molecule has 32 heavy (non-hydrogen) atoms. The molecule has 0 saturated heterocycles. The zero-order valence-corrected chi connectivity index (χ0v) is 18.6. The van der Waals surface area contributed by atoms with Crippen LogP contribution in [0.2, 0.25) is 0 Å². The molecule has 0 unspecified atom stereocenters. The normalized spacial score (nSPS) is 13.8. The predicted octanol–water partition coefficient (Wildman–Crippen LogP) is 4.01. The zero-order chi connectivity index (χ0) is 22.1. The molecule has 4 aromatic rings. The van der Waals surface area contributed by atoms with Crippen LogP contribution in [0.15, 0.2) is 115 Å². The maximum atomic E-state index is 14.1. The van der Waals surface area contributed by atoms with Crippen molar-refractivity contribution in [2.45, 2.75) is 0 Å². The van der Waals surface area contributed by atoms with E-state index >= 15 is 0 Å². The summed E-state index contributed by atoms with van der Waals surface area (Å²) < 4.78 is 0. The molecule has 3 nitrogen and oxygen atoms in total. The third kappa shape index (κ3) is 2.97. The van der Waals surface area contributed by atoms with E-state index < -0.39 is 6.89 Å². The first-order valence-corrected chi connectivity index (χ1v) is 12.3. The summed E-state index contributed by atoms with van der Waals surface area (Å²) in [6, 6.07) is 37.4. The summed E-state index contributed by atoms with van der Waals surface area (Å²) in [5.74, 6) is -0.424. The van der Waals surface area contributed by atoms with Gasteiger partial charge in [0.15, 0.2) is 0 Å². The number of para-hydroxylation sites is 1. The molecule has 1 heterocycles. The molecule has 0 N–H and O–H groups in total. The first-order chi connectivity index (χ1) is 15.7. The van der Waals surface area contributed by atoms with E-state index in [1.165, 1.54) is 0 Å². The average molecular weight is 435 g/mol. The molecule has 4 aromatic carbocycles. The standard InChI is InChI=1S/C28H22NO2P/c1-29-25-20-12-11-19-24(25)26(30)27(28(29)31)32(21-13-5-2-6-14-21,22-15-7-3-8-16-22)23-17-9-4-10-18-23/h2-20H,1H3. The van der Waals surface area contributed by atoms with Gasteiger partial charge in [-0.15, -0.1) is 0 Å². The minimum Gasteiger partial charge on any atom is -0.311 e. The van der Waals surface area contributed by atoms with E-state index in [0.29, 0.717) is 16.5 Å². The Morgan fingerprint density at radius 2 is 0.969 bits per heavy atom. The fourth-order valence-corrected chi connectivity index (χ4v) is 8.93. The second-order valence-electron chi connectivity index (χ2n) is 7.74. The number of ketones is 1. The van der Waals surface area contributed by atoms with Crippen LogP contribution in [0.3, 0.4) is 0 Å². The highest BCUT2D eigenvalue weighted by atomic mass is 31.2. The van der Waals surface area contributed by atoms with E-state index in [9.17, 15) is 9.59 Å². The van der Waals surface area contributed by atoms with Crippen LogP contribution in [0.4, 0.5) is 5.69 Å². The molecule has 1 aliphatic heterocycles. The van der Waals surface area contributed by atoms with Crippen molar-refractivity contribution in [2.75, 3.05) is 11.9 Å². The minimum absolute atomic E-state index is 0.186. The molecule has 0 atom stereocenters. The van der Waals surface area contributed by atoms with E-state index in [0.717, 1.165) is 15.9 Å². The Morgan fingerprint density at radius 1 is 0.562 bits per heavy atom. The predicted molar refractivity (Wildman–Crippen MR) is 134 cm³/mol. The van der Waals surface area contributed by atoms with Gasteiger partial charge in [0.05, 0.1) is 11.0 Å². The number of anilines is 1. The van der Waals surface area contributed by atoms with E-state index in [1.807, 2.05) is 115 Å². The van der Waals surface area contributed by atoms with Crippen LogP contribution >= 0.6 is 6.89 Å². The van der Waals surface area contributed by atoms with Gasteiger partial charge in [0.25, 0.3) is 5.91 Å². The third-order valence-electron chi connectivity index (χ3n) is 6.00. The molecule has 0 fully saturated rings. The van der Waals surface area contributed by atoms with Crippen molar-refractivity contribution in [1.82, 2.24) is 0 Å². The van der Waals surface area contributed by atoms with Gasteiger partial charge in [-0.3, -0.25) is 9.59 Å². The molecule has 4 heteroatoms. The smallest absolute Gasteiger partial charge is 0.263 e. The second kappa shape index (κ2) is 8.11. The van der Waals surface area contributed by atoms with Crippen molar-refractivity contribution in [1.29, 1.82) is 0 Å². The summed E-state index contributed by atoms with van der Waals surface area (Å²) in [6.07, 6.45) is 0. The minimum atomic E-state index is -2.76. The van der Waals surface area contributed by atoms with Crippen LogP contribution < -0.4 is 20.8 Å². The maximum absolute atomic E-state index is 14.1. The molecule has 0 aromatic heterocycles. The van der Waals surface area contributed by atoms with Crippen molar-refractivity contribution < 1.29 is 9.59 Å². The highest BCUT2D eigenvalue weighted by Gasteiger charge is 2.42. The molecule has 0 saturated carbocycles. The van der Waals surface area contributed by atoms with E-state index in [4.69, 9.17) is 0 Å². The monoisotopic (exact) mass is 435 g/mol. The maximum Gasteiger partial charge on any atom is 0.263 e. The third-order valence-corrected chi connectivity index (χ3v) is 10.3. The fourth-order valence-electron chi connectivity index (χ4n) is 4.54.